The molecule has 0 aromatic heterocycles. The van der Waals surface area contributed by atoms with E-state index < -0.39 is 18.0 Å². The number of hydrogen-bond donors (Lipinski definition) is 1. The maximum absolute atomic E-state index is 12.7. The van der Waals surface area contributed by atoms with Crippen molar-refractivity contribution in [2.24, 2.45) is 5.10 Å². The van der Waals surface area contributed by atoms with Crippen LogP contribution in [-0.2, 0) is 11.4 Å². The van der Waals surface area contributed by atoms with Gasteiger partial charge in [-0.05, 0) is 86.1 Å². The summed E-state index contributed by atoms with van der Waals surface area (Å²) >= 11 is 3.41. The summed E-state index contributed by atoms with van der Waals surface area (Å²) in [5.74, 6) is 1.17. The molecule has 4 rings (SSSR count). The Bertz CT molecular complexity index is 1470. The molecule has 210 valence electrons. The first-order valence-corrected chi connectivity index (χ1v) is 13.7. The number of carbonyl (C=O) groups is 2. The van der Waals surface area contributed by atoms with Crippen LogP contribution in [0.5, 0.6) is 23.0 Å². The Kier molecular flexibility index (Phi) is 10.5. The first-order chi connectivity index (χ1) is 19.9. The zero-order valence-electron chi connectivity index (χ0n) is 22.6. The van der Waals surface area contributed by atoms with Crippen LogP contribution in [0.1, 0.15) is 35.3 Å². The lowest BCUT2D eigenvalue weighted by Crippen LogP contribution is -2.33. The quantitative estimate of drug-likeness (QED) is 0.0837. The minimum absolute atomic E-state index is 0.281. The van der Waals surface area contributed by atoms with Crippen molar-refractivity contribution >= 4 is 34.0 Å². The van der Waals surface area contributed by atoms with E-state index in [0.29, 0.717) is 41.6 Å². The summed E-state index contributed by atoms with van der Waals surface area (Å²) in [6.07, 6.45) is 0.581. The van der Waals surface area contributed by atoms with Gasteiger partial charge in [0, 0.05) is 10.0 Å². The van der Waals surface area contributed by atoms with E-state index in [0.717, 1.165) is 10.0 Å². The third-order valence-electron chi connectivity index (χ3n) is 5.71. The van der Waals surface area contributed by atoms with Crippen molar-refractivity contribution in [2.75, 3.05) is 6.61 Å². The lowest BCUT2D eigenvalue weighted by molar-refractivity contribution is -0.127. The van der Waals surface area contributed by atoms with Gasteiger partial charge in [0.1, 0.15) is 29.6 Å². The van der Waals surface area contributed by atoms with E-state index >= 15 is 0 Å². The topological polar surface area (TPSA) is 95.5 Å². The Labute approximate surface area is 247 Å². The minimum Gasteiger partial charge on any atom is -0.494 e. The van der Waals surface area contributed by atoms with Crippen molar-refractivity contribution in [1.82, 2.24) is 5.43 Å². The SMILES string of the molecule is CCOc1ccc(C(=O)Oc2ccc(Br)cc2/C=N/NC(=O)C(C)Oc2ccc(OCc3ccccc3)cc2)cc1. The van der Waals surface area contributed by atoms with Gasteiger partial charge >= 0.3 is 5.97 Å². The fourth-order valence-corrected chi connectivity index (χ4v) is 3.97. The van der Waals surface area contributed by atoms with E-state index in [1.807, 2.05) is 37.3 Å². The van der Waals surface area contributed by atoms with Crippen LogP contribution in [0.4, 0.5) is 0 Å². The van der Waals surface area contributed by atoms with Crippen LogP contribution in [0.2, 0.25) is 0 Å². The third-order valence-corrected chi connectivity index (χ3v) is 6.20. The largest absolute Gasteiger partial charge is 0.494 e. The maximum Gasteiger partial charge on any atom is 0.343 e. The molecule has 0 radical (unpaired) electrons. The van der Waals surface area contributed by atoms with Crippen LogP contribution >= 0.6 is 15.9 Å². The lowest BCUT2D eigenvalue weighted by Gasteiger charge is -2.14. The molecular weight excluding hydrogens is 588 g/mol. The zero-order valence-corrected chi connectivity index (χ0v) is 24.2. The van der Waals surface area contributed by atoms with Gasteiger partial charge in [-0.1, -0.05) is 46.3 Å². The number of rotatable bonds is 12. The number of ether oxygens (including phenoxy) is 4. The molecule has 4 aromatic carbocycles. The summed E-state index contributed by atoms with van der Waals surface area (Å²) in [5.41, 5.74) is 4.39. The molecule has 0 aliphatic heterocycles. The number of carbonyl (C=O) groups excluding carboxylic acids is 2. The van der Waals surface area contributed by atoms with Gasteiger partial charge in [0.25, 0.3) is 5.91 Å². The van der Waals surface area contributed by atoms with E-state index in [4.69, 9.17) is 18.9 Å². The molecule has 0 aliphatic rings. The molecule has 1 amide bonds. The van der Waals surface area contributed by atoms with Gasteiger partial charge in [-0.2, -0.15) is 5.10 Å². The average Bonchev–Trinajstić information content (AvgIpc) is 2.99. The molecule has 9 heteroatoms. The maximum atomic E-state index is 12.7. The number of hydrazone groups is 1. The van der Waals surface area contributed by atoms with Crippen molar-refractivity contribution in [3.8, 4) is 23.0 Å². The zero-order chi connectivity index (χ0) is 29.0. The van der Waals surface area contributed by atoms with E-state index in [2.05, 4.69) is 26.5 Å². The van der Waals surface area contributed by atoms with Gasteiger partial charge in [0.15, 0.2) is 6.10 Å². The van der Waals surface area contributed by atoms with Crippen LogP contribution in [-0.4, -0.2) is 30.8 Å². The monoisotopic (exact) mass is 616 g/mol. The average molecular weight is 617 g/mol. The summed E-state index contributed by atoms with van der Waals surface area (Å²) in [4.78, 5) is 25.2. The van der Waals surface area contributed by atoms with Gasteiger partial charge in [-0.3, -0.25) is 4.79 Å². The molecule has 0 saturated carbocycles. The fraction of sp³-hybridized carbons (Fsp3) is 0.156. The third kappa shape index (κ3) is 8.94. The molecule has 41 heavy (non-hydrogen) atoms. The van der Waals surface area contributed by atoms with Crippen molar-refractivity contribution < 1.29 is 28.5 Å². The minimum atomic E-state index is -0.817. The summed E-state index contributed by atoms with van der Waals surface area (Å²) < 4.78 is 23.3. The predicted octanol–water partition coefficient (Wildman–Crippen LogP) is 6.56. The molecule has 0 aliphatic carbocycles. The molecule has 4 aromatic rings. The number of nitrogens with zero attached hydrogens (tertiary/aromatic N) is 1. The highest BCUT2D eigenvalue weighted by Gasteiger charge is 2.15. The molecule has 8 nitrogen and oxygen atoms in total. The standard InChI is InChI=1S/C32H29BrN2O6/c1-3-38-27-12-9-24(10-13-27)32(37)41-30-18-11-26(33)19-25(30)20-34-35-31(36)22(2)40-29-16-14-28(15-17-29)39-21-23-7-5-4-6-8-23/h4-20,22H,3,21H2,1-2H3,(H,35,36)/b34-20+. The van der Waals surface area contributed by atoms with Crippen LogP contribution in [0.3, 0.4) is 0 Å². The Morgan fingerprint density at radius 1 is 0.878 bits per heavy atom. The van der Waals surface area contributed by atoms with Crippen molar-refractivity contribution in [1.29, 1.82) is 0 Å². The Morgan fingerprint density at radius 2 is 1.54 bits per heavy atom. The summed E-state index contributed by atoms with van der Waals surface area (Å²) in [6.45, 7) is 4.49. The van der Waals surface area contributed by atoms with Crippen LogP contribution < -0.4 is 24.4 Å². The lowest BCUT2D eigenvalue weighted by atomic mass is 10.2. The number of amides is 1. The van der Waals surface area contributed by atoms with Crippen molar-refractivity contribution in [2.45, 2.75) is 26.6 Å². The second-order valence-electron chi connectivity index (χ2n) is 8.77. The van der Waals surface area contributed by atoms with E-state index in [1.165, 1.54) is 6.21 Å². The number of halogens is 1. The molecule has 1 N–H and O–H groups in total. The highest BCUT2D eigenvalue weighted by molar-refractivity contribution is 9.10. The predicted molar refractivity (Wildman–Crippen MR) is 160 cm³/mol. The van der Waals surface area contributed by atoms with Crippen LogP contribution in [0.15, 0.2) is 107 Å². The van der Waals surface area contributed by atoms with Gasteiger partial charge in [0.05, 0.1) is 18.4 Å². The van der Waals surface area contributed by atoms with Gasteiger partial charge in [-0.15, -0.1) is 0 Å². The summed E-state index contributed by atoms with van der Waals surface area (Å²) in [7, 11) is 0. The van der Waals surface area contributed by atoms with E-state index in [-0.39, 0.29) is 5.75 Å². The van der Waals surface area contributed by atoms with Gasteiger partial charge in [-0.25, -0.2) is 10.2 Å². The van der Waals surface area contributed by atoms with Crippen LogP contribution in [0, 0.1) is 0 Å². The second-order valence-corrected chi connectivity index (χ2v) is 9.68. The molecule has 0 fully saturated rings. The summed E-state index contributed by atoms with van der Waals surface area (Å²) in [5, 5.41) is 4.03. The molecule has 1 unspecified atom stereocenters. The van der Waals surface area contributed by atoms with E-state index in [1.54, 1.807) is 73.7 Å². The van der Waals surface area contributed by atoms with Crippen molar-refractivity contribution in [3.63, 3.8) is 0 Å². The normalized spacial score (nSPS) is 11.5. The number of hydrogen-bond acceptors (Lipinski definition) is 7. The molecule has 1 atom stereocenters. The first kappa shape index (κ1) is 29.4. The number of esters is 1. The number of nitrogens with one attached hydrogen (secondary N) is 1. The number of benzene rings is 4. The highest BCUT2D eigenvalue weighted by Crippen LogP contribution is 2.24. The van der Waals surface area contributed by atoms with Crippen molar-refractivity contribution in [3.05, 3.63) is 118 Å². The second kappa shape index (κ2) is 14.7. The molecule has 0 saturated heterocycles. The first-order valence-electron chi connectivity index (χ1n) is 12.9. The Balaban J connectivity index is 1.30. The summed E-state index contributed by atoms with van der Waals surface area (Å²) in [6, 6.07) is 28.7. The Morgan fingerprint density at radius 3 is 2.24 bits per heavy atom. The van der Waals surface area contributed by atoms with E-state index in [9.17, 15) is 9.59 Å². The molecular formula is C32H29BrN2O6. The molecule has 0 heterocycles. The Hall–Kier alpha value is -4.63. The van der Waals surface area contributed by atoms with Crippen LogP contribution in [0.25, 0.3) is 0 Å². The molecule has 0 spiro atoms. The smallest absolute Gasteiger partial charge is 0.343 e. The fourth-order valence-electron chi connectivity index (χ4n) is 3.60. The van der Waals surface area contributed by atoms with Gasteiger partial charge < -0.3 is 18.9 Å². The van der Waals surface area contributed by atoms with Gasteiger partial charge in [0.2, 0.25) is 0 Å². The molecule has 0 bridgehead atoms. The highest BCUT2D eigenvalue weighted by atomic mass is 79.9.